The highest BCUT2D eigenvalue weighted by molar-refractivity contribution is 6.25. The minimum atomic E-state index is -0.963. The molecule has 0 aliphatic carbocycles. The van der Waals surface area contributed by atoms with Gasteiger partial charge in [0.25, 0.3) is 0 Å². The Bertz CT molecular complexity index is 367. The second kappa shape index (κ2) is 5.07. The fraction of sp³-hybridized carbons (Fsp3) is 0.200. The van der Waals surface area contributed by atoms with Crippen LogP contribution in [0.3, 0.4) is 0 Å². The van der Waals surface area contributed by atoms with Crippen molar-refractivity contribution in [3.8, 4) is 0 Å². The minimum absolute atomic E-state index is 0.197. The van der Waals surface area contributed by atoms with E-state index >= 15 is 0 Å². The van der Waals surface area contributed by atoms with Crippen LogP contribution in [0.15, 0.2) is 23.2 Å². The van der Waals surface area contributed by atoms with Gasteiger partial charge >= 0.3 is 0 Å². The summed E-state index contributed by atoms with van der Waals surface area (Å²) in [4.78, 5) is 0. The predicted molar refractivity (Wildman–Crippen MR) is 54.4 cm³/mol. The number of rotatable bonds is 3. The number of benzene rings is 1. The van der Waals surface area contributed by atoms with Crippen molar-refractivity contribution in [2.24, 2.45) is 0 Å². The molecule has 0 spiro atoms. The molecule has 5 heteroatoms. The molecule has 82 valence electrons. The lowest BCUT2D eigenvalue weighted by Gasteiger charge is -2.08. The van der Waals surface area contributed by atoms with E-state index in [1.54, 1.807) is 6.92 Å². The second-order valence-corrected chi connectivity index (χ2v) is 3.27. The molecule has 15 heavy (non-hydrogen) atoms. The summed E-state index contributed by atoms with van der Waals surface area (Å²) >= 11 is 5.37. The molecule has 0 bridgehead atoms. The first-order valence-electron chi connectivity index (χ1n) is 4.19. The molecule has 1 N–H and O–H groups in total. The molecule has 0 radical (unpaired) electrons. The molecule has 0 aliphatic heterocycles. The first kappa shape index (κ1) is 11.9. The Balaban J connectivity index is 2.86. The van der Waals surface area contributed by atoms with Crippen LogP contribution in [-0.2, 0) is 0 Å². The van der Waals surface area contributed by atoms with Gasteiger partial charge in [0.15, 0.2) is 11.6 Å². The van der Waals surface area contributed by atoms with Gasteiger partial charge in [0.05, 0.1) is 0 Å². The monoisotopic (exact) mass is 235 g/mol. The van der Waals surface area contributed by atoms with Gasteiger partial charge in [0, 0.05) is 24.2 Å². The van der Waals surface area contributed by atoms with E-state index in [1.807, 2.05) is 0 Å². The maximum absolute atomic E-state index is 13.1. The zero-order chi connectivity index (χ0) is 11.4. The number of halogens is 4. The van der Waals surface area contributed by atoms with Crippen LogP contribution in [0.2, 0.25) is 0 Å². The van der Waals surface area contributed by atoms with Crippen LogP contribution in [0.5, 0.6) is 0 Å². The van der Waals surface area contributed by atoms with Crippen LogP contribution in [0.1, 0.15) is 6.92 Å². The lowest BCUT2D eigenvalue weighted by molar-refractivity contribution is 0.547. The Labute approximate surface area is 90.6 Å². The van der Waals surface area contributed by atoms with Crippen LogP contribution >= 0.6 is 11.6 Å². The van der Waals surface area contributed by atoms with Crippen molar-refractivity contribution in [3.05, 3.63) is 40.7 Å². The highest BCUT2D eigenvalue weighted by Gasteiger charge is 2.10. The van der Waals surface area contributed by atoms with E-state index in [1.165, 1.54) is 5.54 Å². The summed E-state index contributed by atoms with van der Waals surface area (Å²) in [7, 11) is 0. The second-order valence-electron chi connectivity index (χ2n) is 3.05. The summed E-state index contributed by atoms with van der Waals surface area (Å²) in [6.07, 6.45) is 0. The fourth-order valence-electron chi connectivity index (χ4n) is 0.977. The number of hydrogen-bond acceptors (Lipinski definition) is 1. The Hall–Kier alpha value is -1.16. The average Bonchev–Trinajstić information content (AvgIpc) is 2.15. The first-order valence-corrected chi connectivity index (χ1v) is 4.62. The molecule has 0 atom stereocenters. The molecule has 0 aromatic heterocycles. The Morgan fingerprint density at radius 2 is 1.87 bits per heavy atom. The van der Waals surface area contributed by atoms with Crippen molar-refractivity contribution in [1.82, 2.24) is 0 Å². The predicted octanol–water partition coefficient (Wildman–Crippen LogP) is 3.66. The molecule has 0 aliphatic rings. The summed E-state index contributed by atoms with van der Waals surface area (Å²) in [5, 5.41) is 2.49. The fourth-order valence-corrected chi connectivity index (χ4v) is 1.05. The average molecular weight is 236 g/mol. The standard InChI is InChI=1S/C10H9ClF3N/c1-6(4-11)5-15-10-8(13)2-7(12)3-9(10)14/h2-4,15H,5H2,1H3. The van der Waals surface area contributed by atoms with Gasteiger partial charge in [0.1, 0.15) is 11.5 Å². The van der Waals surface area contributed by atoms with Crippen LogP contribution in [0, 0.1) is 17.5 Å². The van der Waals surface area contributed by atoms with Crippen LogP contribution in [0.25, 0.3) is 0 Å². The zero-order valence-electron chi connectivity index (χ0n) is 7.95. The molecule has 0 unspecified atom stereocenters. The van der Waals surface area contributed by atoms with Gasteiger partial charge in [-0.2, -0.15) is 0 Å². The highest BCUT2D eigenvalue weighted by Crippen LogP contribution is 2.20. The van der Waals surface area contributed by atoms with Crippen molar-refractivity contribution < 1.29 is 13.2 Å². The third-order valence-electron chi connectivity index (χ3n) is 1.74. The first-order chi connectivity index (χ1) is 7.04. The summed E-state index contributed by atoms with van der Waals surface area (Å²) in [5.74, 6) is -2.87. The topological polar surface area (TPSA) is 12.0 Å². The van der Waals surface area contributed by atoms with Crippen molar-refractivity contribution in [2.75, 3.05) is 11.9 Å². The molecule has 1 aromatic rings. The van der Waals surface area contributed by atoms with Gasteiger partial charge in [0.2, 0.25) is 0 Å². The quantitative estimate of drug-likeness (QED) is 0.843. The Morgan fingerprint density at radius 3 is 2.33 bits per heavy atom. The lowest BCUT2D eigenvalue weighted by Crippen LogP contribution is -2.06. The molecule has 0 amide bonds. The van der Waals surface area contributed by atoms with Crippen molar-refractivity contribution in [2.45, 2.75) is 6.92 Å². The SMILES string of the molecule is CC(=CCl)CNc1c(F)cc(F)cc1F. The van der Waals surface area contributed by atoms with E-state index in [0.29, 0.717) is 17.7 Å². The molecule has 0 heterocycles. The number of nitrogens with one attached hydrogen (secondary N) is 1. The zero-order valence-corrected chi connectivity index (χ0v) is 8.71. The van der Waals surface area contributed by atoms with E-state index in [-0.39, 0.29) is 12.2 Å². The molecule has 1 nitrogen and oxygen atoms in total. The van der Waals surface area contributed by atoms with Gasteiger partial charge < -0.3 is 5.32 Å². The van der Waals surface area contributed by atoms with Gasteiger partial charge in [-0.25, -0.2) is 13.2 Å². The Morgan fingerprint density at radius 1 is 1.33 bits per heavy atom. The molecule has 1 aromatic carbocycles. The van der Waals surface area contributed by atoms with E-state index < -0.39 is 17.5 Å². The van der Waals surface area contributed by atoms with Gasteiger partial charge in [-0.1, -0.05) is 11.6 Å². The largest absolute Gasteiger partial charge is 0.377 e. The molecular weight excluding hydrogens is 227 g/mol. The van der Waals surface area contributed by atoms with Crippen LogP contribution < -0.4 is 5.32 Å². The minimum Gasteiger partial charge on any atom is -0.377 e. The van der Waals surface area contributed by atoms with E-state index in [0.717, 1.165) is 0 Å². The van der Waals surface area contributed by atoms with E-state index in [2.05, 4.69) is 5.32 Å². The third-order valence-corrected chi connectivity index (χ3v) is 2.11. The van der Waals surface area contributed by atoms with Gasteiger partial charge in [-0.15, -0.1) is 0 Å². The summed E-state index contributed by atoms with van der Waals surface area (Å²) < 4.78 is 38.7. The van der Waals surface area contributed by atoms with Crippen LogP contribution in [0.4, 0.5) is 18.9 Å². The van der Waals surface area contributed by atoms with Crippen molar-refractivity contribution in [1.29, 1.82) is 0 Å². The van der Waals surface area contributed by atoms with Gasteiger partial charge in [-0.3, -0.25) is 0 Å². The molecular formula is C10H9ClF3N. The summed E-state index contributed by atoms with van der Waals surface area (Å²) in [6.45, 7) is 1.89. The summed E-state index contributed by atoms with van der Waals surface area (Å²) in [5.41, 5.74) is 1.65. The molecule has 0 fully saturated rings. The maximum atomic E-state index is 13.1. The number of anilines is 1. The Kier molecular flexibility index (Phi) is 4.03. The maximum Gasteiger partial charge on any atom is 0.152 e. The molecule has 0 saturated carbocycles. The normalized spacial score (nSPS) is 11.7. The molecule has 0 saturated heterocycles. The van der Waals surface area contributed by atoms with E-state index in [4.69, 9.17) is 11.6 Å². The van der Waals surface area contributed by atoms with Crippen molar-refractivity contribution >= 4 is 17.3 Å². The molecule has 1 rings (SSSR count). The van der Waals surface area contributed by atoms with Gasteiger partial charge in [-0.05, 0) is 12.5 Å². The number of hydrogen-bond donors (Lipinski definition) is 1. The third kappa shape index (κ3) is 3.16. The lowest BCUT2D eigenvalue weighted by atomic mass is 10.2. The van der Waals surface area contributed by atoms with E-state index in [9.17, 15) is 13.2 Å². The van der Waals surface area contributed by atoms with Crippen molar-refractivity contribution in [3.63, 3.8) is 0 Å². The smallest absolute Gasteiger partial charge is 0.152 e. The highest BCUT2D eigenvalue weighted by atomic mass is 35.5. The van der Waals surface area contributed by atoms with Crippen LogP contribution in [-0.4, -0.2) is 6.54 Å². The summed E-state index contributed by atoms with van der Waals surface area (Å²) in [6, 6.07) is 1.23.